The SMILES string of the molecule is COC(=O)c1nc(Cc2cc(C)cc(C)c2)sc1C(C)=O. The van der Waals surface area contributed by atoms with Gasteiger partial charge in [-0.1, -0.05) is 29.3 Å². The number of ether oxygens (including phenoxy) is 1. The van der Waals surface area contributed by atoms with Gasteiger partial charge in [0.1, 0.15) is 4.88 Å². The Bertz CT molecular complexity index is 683. The zero-order valence-electron chi connectivity index (χ0n) is 12.5. The molecule has 2 aromatic rings. The zero-order valence-corrected chi connectivity index (χ0v) is 13.3. The van der Waals surface area contributed by atoms with Gasteiger partial charge in [0, 0.05) is 13.3 Å². The Morgan fingerprint density at radius 3 is 2.33 bits per heavy atom. The van der Waals surface area contributed by atoms with E-state index in [0.29, 0.717) is 11.3 Å². The van der Waals surface area contributed by atoms with Crippen molar-refractivity contribution in [2.45, 2.75) is 27.2 Å². The Balaban J connectivity index is 2.36. The van der Waals surface area contributed by atoms with Gasteiger partial charge >= 0.3 is 5.97 Å². The van der Waals surface area contributed by atoms with Gasteiger partial charge in [0.15, 0.2) is 11.5 Å². The second-order valence-electron chi connectivity index (χ2n) is 5.01. The van der Waals surface area contributed by atoms with Crippen molar-refractivity contribution in [3.05, 3.63) is 50.5 Å². The van der Waals surface area contributed by atoms with Crippen molar-refractivity contribution in [2.24, 2.45) is 0 Å². The summed E-state index contributed by atoms with van der Waals surface area (Å²) < 4.78 is 4.68. The van der Waals surface area contributed by atoms with E-state index >= 15 is 0 Å². The van der Waals surface area contributed by atoms with Gasteiger partial charge < -0.3 is 4.74 Å². The molecule has 1 aromatic carbocycles. The van der Waals surface area contributed by atoms with E-state index < -0.39 is 5.97 Å². The summed E-state index contributed by atoms with van der Waals surface area (Å²) in [6.45, 7) is 5.51. The molecule has 0 spiro atoms. The minimum atomic E-state index is -0.567. The zero-order chi connectivity index (χ0) is 15.6. The Kier molecular flexibility index (Phi) is 4.53. The lowest BCUT2D eigenvalue weighted by Gasteiger charge is -2.02. The van der Waals surface area contributed by atoms with Crippen LogP contribution >= 0.6 is 11.3 Å². The molecule has 0 amide bonds. The number of aryl methyl sites for hydroxylation is 2. The van der Waals surface area contributed by atoms with Crippen LogP contribution in [0.1, 0.15) is 48.8 Å². The lowest BCUT2D eigenvalue weighted by Crippen LogP contribution is -2.07. The number of carbonyl (C=O) groups excluding carboxylic acids is 2. The van der Waals surface area contributed by atoms with Crippen molar-refractivity contribution < 1.29 is 14.3 Å². The molecule has 0 atom stereocenters. The first kappa shape index (κ1) is 15.4. The molecule has 2 rings (SSSR count). The van der Waals surface area contributed by atoms with Gasteiger partial charge in [-0.15, -0.1) is 11.3 Å². The van der Waals surface area contributed by atoms with Crippen LogP contribution in [0.3, 0.4) is 0 Å². The molecule has 0 saturated heterocycles. The van der Waals surface area contributed by atoms with Crippen molar-refractivity contribution in [1.29, 1.82) is 0 Å². The van der Waals surface area contributed by atoms with Crippen LogP contribution in [-0.4, -0.2) is 23.8 Å². The normalized spacial score (nSPS) is 10.5. The number of carbonyl (C=O) groups is 2. The molecule has 0 aliphatic heterocycles. The maximum Gasteiger partial charge on any atom is 0.358 e. The summed E-state index contributed by atoms with van der Waals surface area (Å²) in [5.41, 5.74) is 3.60. The van der Waals surface area contributed by atoms with Gasteiger partial charge in [-0.05, 0) is 19.4 Å². The first-order chi connectivity index (χ1) is 9.90. The Labute approximate surface area is 127 Å². The van der Waals surface area contributed by atoms with Gasteiger partial charge in [0.2, 0.25) is 0 Å². The highest BCUT2D eigenvalue weighted by molar-refractivity contribution is 7.14. The number of methoxy groups -OCH3 is 1. The highest BCUT2D eigenvalue weighted by Crippen LogP contribution is 2.23. The number of benzene rings is 1. The summed E-state index contributed by atoms with van der Waals surface area (Å²) in [5.74, 6) is -0.734. The minimum absolute atomic E-state index is 0.120. The number of Topliss-reactive ketones (excluding diaryl/α,β-unsaturated/α-hetero) is 1. The van der Waals surface area contributed by atoms with E-state index in [-0.39, 0.29) is 11.5 Å². The highest BCUT2D eigenvalue weighted by atomic mass is 32.1. The third-order valence-corrected chi connectivity index (χ3v) is 4.16. The van der Waals surface area contributed by atoms with E-state index in [1.807, 2.05) is 13.8 Å². The van der Waals surface area contributed by atoms with Crippen molar-refractivity contribution in [3.63, 3.8) is 0 Å². The molecule has 110 valence electrons. The molecule has 0 fully saturated rings. The molecule has 0 unspecified atom stereocenters. The summed E-state index contributed by atoms with van der Waals surface area (Å²) in [4.78, 5) is 27.9. The molecule has 21 heavy (non-hydrogen) atoms. The quantitative estimate of drug-likeness (QED) is 0.642. The van der Waals surface area contributed by atoms with Crippen LogP contribution in [-0.2, 0) is 11.2 Å². The molecule has 1 aromatic heterocycles. The van der Waals surface area contributed by atoms with Crippen molar-refractivity contribution in [3.8, 4) is 0 Å². The van der Waals surface area contributed by atoms with E-state index in [9.17, 15) is 9.59 Å². The van der Waals surface area contributed by atoms with Gasteiger partial charge in [0.25, 0.3) is 0 Å². The molecule has 1 heterocycles. The summed E-state index contributed by atoms with van der Waals surface area (Å²) in [6, 6.07) is 6.27. The van der Waals surface area contributed by atoms with E-state index in [1.165, 1.54) is 36.5 Å². The molecule has 0 bridgehead atoms. The number of aromatic nitrogens is 1. The minimum Gasteiger partial charge on any atom is -0.464 e. The standard InChI is InChI=1S/C16H17NO3S/c1-9-5-10(2)7-12(6-9)8-13-17-14(16(19)20-4)15(21-13)11(3)18/h5-7H,8H2,1-4H3. The summed E-state index contributed by atoms with van der Waals surface area (Å²) in [5, 5.41) is 0.741. The second-order valence-corrected chi connectivity index (χ2v) is 6.09. The van der Waals surface area contributed by atoms with Crippen LogP contribution in [0.15, 0.2) is 18.2 Å². The van der Waals surface area contributed by atoms with Crippen molar-refractivity contribution >= 4 is 23.1 Å². The first-order valence-corrected chi connectivity index (χ1v) is 7.38. The Morgan fingerprint density at radius 1 is 1.19 bits per heavy atom. The number of hydrogen-bond acceptors (Lipinski definition) is 5. The predicted octanol–water partition coefficient (Wildman–Crippen LogP) is 3.34. The van der Waals surface area contributed by atoms with Crippen LogP contribution in [0.5, 0.6) is 0 Å². The average Bonchev–Trinajstić information content (AvgIpc) is 2.80. The average molecular weight is 303 g/mol. The lowest BCUT2D eigenvalue weighted by atomic mass is 10.1. The number of rotatable bonds is 4. The van der Waals surface area contributed by atoms with Crippen LogP contribution in [0.4, 0.5) is 0 Å². The molecular formula is C16H17NO3S. The maximum absolute atomic E-state index is 11.7. The third kappa shape index (κ3) is 3.55. The molecule has 0 N–H and O–H groups in total. The third-order valence-electron chi connectivity index (χ3n) is 3.01. The number of nitrogens with zero attached hydrogens (tertiary/aromatic N) is 1. The molecule has 0 saturated carbocycles. The van der Waals surface area contributed by atoms with E-state index in [4.69, 9.17) is 0 Å². The Hall–Kier alpha value is -2.01. The van der Waals surface area contributed by atoms with Crippen LogP contribution < -0.4 is 0 Å². The summed E-state index contributed by atoms with van der Waals surface area (Å²) >= 11 is 1.26. The van der Waals surface area contributed by atoms with E-state index in [0.717, 1.165) is 10.6 Å². The van der Waals surface area contributed by atoms with Gasteiger partial charge in [-0.2, -0.15) is 0 Å². The second kappa shape index (κ2) is 6.18. The lowest BCUT2D eigenvalue weighted by molar-refractivity contribution is 0.0591. The van der Waals surface area contributed by atoms with E-state index in [2.05, 4.69) is 27.9 Å². The highest BCUT2D eigenvalue weighted by Gasteiger charge is 2.21. The fourth-order valence-corrected chi connectivity index (χ4v) is 3.24. The summed E-state index contributed by atoms with van der Waals surface area (Å²) in [6.07, 6.45) is 0.602. The van der Waals surface area contributed by atoms with Gasteiger partial charge in [-0.25, -0.2) is 9.78 Å². The smallest absolute Gasteiger partial charge is 0.358 e. The van der Waals surface area contributed by atoms with Crippen molar-refractivity contribution in [2.75, 3.05) is 7.11 Å². The van der Waals surface area contributed by atoms with Crippen LogP contribution in [0.25, 0.3) is 0 Å². The maximum atomic E-state index is 11.7. The van der Waals surface area contributed by atoms with E-state index in [1.54, 1.807) is 0 Å². The number of ketones is 1. The fourth-order valence-electron chi connectivity index (χ4n) is 2.26. The monoisotopic (exact) mass is 303 g/mol. The number of esters is 1. The molecular weight excluding hydrogens is 286 g/mol. The molecule has 0 aliphatic rings. The topological polar surface area (TPSA) is 56.3 Å². The first-order valence-electron chi connectivity index (χ1n) is 6.57. The largest absolute Gasteiger partial charge is 0.464 e. The number of thiazole rings is 1. The molecule has 5 heteroatoms. The van der Waals surface area contributed by atoms with Crippen LogP contribution in [0.2, 0.25) is 0 Å². The Morgan fingerprint density at radius 2 is 1.81 bits per heavy atom. The van der Waals surface area contributed by atoms with Crippen LogP contribution in [0, 0.1) is 13.8 Å². The van der Waals surface area contributed by atoms with Gasteiger partial charge in [-0.3, -0.25) is 4.79 Å². The van der Waals surface area contributed by atoms with Crippen molar-refractivity contribution in [1.82, 2.24) is 4.98 Å². The fraction of sp³-hybridized carbons (Fsp3) is 0.312. The summed E-state index contributed by atoms with van der Waals surface area (Å²) in [7, 11) is 1.29. The molecule has 4 nitrogen and oxygen atoms in total. The molecule has 0 aliphatic carbocycles. The predicted molar refractivity (Wildman–Crippen MR) is 82.2 cm³/mol. The number of hydrogen-bond donors (Lipinski definition) is 0. The van der Waals surface area contributed by atoms with Gasteiger partial charge in [0.05, 0.1) is 12.1 Å². The molecule has 0 radical (unpaired) electrons.